The van der Waals surface area contributed by atoms with E-state index in [-0.39, 0.29) is 5.78 Å². The van der Waals surface area contributed by atoms with Gasteiger partial charge in [0.15, 0.2) is 11.4 Å². The highest BCUT2D eigenvalue weighted by Crippen LogP contribution is 2.18. The molecule has 2 heterocycles. The maximum absolute atomic E-state index is 12.6. The second-order valence-corrected chi connectivity index (χ2v) is 6.35. The van der Waals surface area contributed by atoms with E-state index >= 15 is 0 Å². The molecular formula is C20H20N2O4. The maximum atomic E-state index is 12.6. The molecule has 1 fully saturated rings. The van der Waals surface area contributed by atoms with Gasteiger partial charge in [-0.05, 0) is 18.2 Å². The van der Waals surface area contributed by atoms with Crippen LogP contribution in [0, 0.1) is 0 Å². The number of aromatic nitrogens is 1. The van der Waals surface area contributed by atoms with Crippen molar-refractivity contribution in [2.45, 2.75) is 6.54 Å². The van der Waals surface area contributed by atoms with Gasteiger partial charge in [0.2, 0.25) is 0 Å². The topological polar surface area (TPSA) is 64.7 Å². The molecular weight excluding hydrogens is 332 g/mol. The van der Waals surface area contributed by atoms with Crippen LogP contribution < -0.4 is 5.76 Å². The van der Waals surface area contributed by atoms with E-state index in [1.54, 1.807) is 34.9 Å². The standard InChI is InChI=1S/C20H20N2O4/c23-19(15-4-2-1-3-5-15)16-6-7-17-18(14-16)26-20(24)22(17)9-8-21-10-12-25-13-11-21/h1-7,14H,8-13H2. The van der Waals surface area contributed by atoms with Gasteiger partial charge in [-0.3, -0.25) is 14.3 Å². The van der Waals surface area contributed by atoms with Crippen molar-refractivity contribution in [3.63, 3.8) is 0 Å². The minimum Gasteiger partial charge on any atom is -0.408 e. The molecule has 0 atom stereocenters. The third-order valence-electron chi connectivity index (χ3n) is 4.71. The lowest BCUT2D eigenvalue weighted by molar-refractivity contribution is 0.0363. The Morgan fingerprint density at radius 3 is 2.50 bits per heavy atom. The Bertz CT molecular complexity index is 968. The number of morpholine rings is 1. The molecule has 134 valence electrons. The first-order chi connectivity index (χ1) is 12.7. The average Bonchev–Trinajstić information content (AvgIpc) is 3.01. The van der Waals surface area contributed by atoms with Crippen LogP contribution in [-0.4, -0.2) is 48.1 Å². The van der Waals surface area contributed by atoms with Crippen molar-refractivity contribution >= 4 is 16.9 Å². The highest BCUT2D eigenvalue weighted by molar-refractivity contribution is 6.10. The van der Waals surface area contributed by atoms with Crippen molar-refractivity contribution < 1.29 is 13.9 Å². The number of benzene rings is 2. The molecule has 0 radical (unpaired) electrons. The lowest BCUT2D eigenvalue weighted by Gasteiger charge is -2.26. The van der Waals surface area contributed by atoms with Crippen LogP contribution in [-0.2, 0) is 11.3 Å². The summed E-state index contributed by atoms with van der Waals surface area (Å²) >= 11 is 0. The van der Waals surface area contributed by atoms with Crippen molar-refractivity contribution in [3.8, 4) is 0 Å². The minimum atomic E-state index is -0.391. The number of ketones is 1. The van der Waals surface area contributed by atoms with Crippen LogP contribution in [0.5, 0.6) is 0 Å². The van der Waals surface area contributed by atoms with Crippen molar-refractivity contribution in [2.75, 3.05) is 32.8 Å². The van der Waals surface area contributed by atoms with E-state index in [2.05, 4.69) is 4.90 Å². The summed E-state index contributed by atoms with van der Waals surface area (Å²) in [6.07, 6.45) is 0. The molecule has 1 saturated heterocycles. The Morgan fingerprint density at radius 1 is 0.962 bits per heavy atom. The van der Waals surface area contributed by atoms with Gasteiger partial charge in [-0.1, -0.05) is 30.3 Å². The lowest BCUT2D eigenvalue weighted by atomic mass is 10.0. The van der Waals surface area contributed by atoms with E-state index in [9.17, 15) is 9.59 Å². The second kappa shape index (κ2) is 7.27. The highest BCUT2D eigenvalue weighted by Gasteiger charge is 2.16. The first kappa shape index (κ1) is 16.8. The van der Waals surface area contributed by atoms with Crippen LogP contribution in [0.25, 0.3) is 11.1 Å². The minimum absolute atomic E-state index is 0.0868. The summed E-state index contributed by atoms with van der Waals surface area (Å²) < 4.78 is 12.3. The lowest BCUT2D eigenvalue weighted by Crippen LogP contribution is -2.38. The Hall–Kier alpha value is -2.70. The summed E-state index contributed by atoms with van der Waals surface area (Å²) in [5.41, 5.74) is 2.28. The fraction of sp³-hybridized carbons (Fsp3) is 0.300. The van der Waals surface area contributed by atoms with Gasteiger partial charge in [0.1, 0.15) is 0 Å². The molecule has 2 aromatic carbocycles. The smallest absolute Gasteiger partial charge is 0.408 e. The van der Waals surface area contributed by atoms with E-state index < -0.39 is 5.76 Å². The third kappa shape index (κ3) is 3.34. The molecule has 0 N–H and O–H groups in total. The van der Waals surface area contributed by atoms with Gasteiger partial charge in [-0.25, -0.2) is 4.79 Å². The van der Waals surface area contributed by atoms with E-state index in [1.807, 2.05) is 18.2 Å². The summed E-state index contributed by atoms with van der Waals surface area (Å²) in [5, 5.41) is 0. The number of nitrogens with zero attached hydrogens (tertiary/aromatic N) is 2. The summed E-state index contributed by atoms with van der Waals surface area (Å²) in [7, 11) is 0. The van der Waals surface area contributed by atoms with E-state index in [0.717, 1.165) is 32.8 Å². The average molecular weight is 352 g/mol. The van der Waals surface area contributed by atoms with Crippen molar-refractivity contribution in [3.05, 3.63) is 70.2 Å². The monoisotopic (exact) mass is 352 g/mol. The Labute approximate surface area is 150 Å². The normalized spacial score (nSPS) is 15.4. The summed E-state index contributed by atoms with van der Waals surface area (Å²) in [5.74, 6) is -0.478. The van der Waals surface area contributed by atoms with Crippen molar-refractivity contribution in [1.29, 1.82) is 0 Å². The Balaban J connectivity index is 1.58. The van der Waals surface area contributed by atoms with Crippen LogP contribution >= 0.6 is 0 Å². The van der Waals surface area contributed by atoms with Crippen molar-refractivity contribution in [1.82, 2.24) is 9.47 Å². The molecule has 6 nitrogen and oxygen atoms in total. The summed E-state index contributed by atoms with van der Waals surface area (Å²) in [4.78, 5) is 27.1. The number of hydrogen-bond donors (Lipinski definition) is 0. The predicted octanol–water partition coefficient (Wildman–Crippen LogP) is 2.16. The SMILES string of the molecule is O=C(c1ccccc1)c1ccc2c(c1)oc(=O)n2CCN1CCOCC1. The van der Waals surface area contributed by atoms with Crippen molar-refractivity contribution in [2.24, 2.45) is 0 Å². The molecule has 0 saturated carbocycles. The van der Waals surface area contributed by atoms with E-state index in [0.29, 0.717) is 28.8 Å². The maximum Gasteiger partial charge on any atom is 0.419 e. The van der Waals surface area contributed by atoms with Gasteiger partial charge in [0.25, 0.3) is 0 Å². The van der Waals surface area contributed by atoms with Crippen LogP contribution in [0.4, 0.5) is 0 Å². The molecule has 1 aliphatic rings. The van der Waals surface area contributed by atoms with Gasteiger partial charge in [-0.15, -0.1) is 0 Å². The number of oxazole rings is 1. The first-order valence-electron chi connectivity index (χ1n) is 8.75. The zero-order chi connectivity index (χ0) is 17.9. The van der Waals surface area contributed by atoms with Crippen LogP contribution in [0.15, 0.2) is 57.7 Å². The zero-order valence-electron chi connectivity index (χ0n) is 14.4. The molecule has 6 heteroatoms. The molecule has 0 unspecified atom stereocenters. The molecule has 0 spiro atoms. The quantitative estimate of drug-likeness (QED) is 0.659. The second-order valence-electron chi connectivity index (χ2n) is 6.35. The first-order valence-corrected chi connectivity index (χ1v) is 8.75. The largest absolute Gasteiger partial charge is 0.419 e. The van der Waals surface area contributed by atoms with Gasteiger partial charge in [0, 0.05) is 37.3 Å². The number of carbonyl (C=O) groups excluding carboxylic acids is 1. The molecule has 1 aromatic heterocycles. The summed E-state index contributed by atoms with van der Waals surface area (Å²) in [6, 6.07) is 14.3. The fourth-order valence-electron chi connectivity index (χ4n) is 3.24. The number of ether oxygens (including phenoxy) is 1. The number of carbonyl (C=O) groups is 1. The van der Waals surface area contributed by atoms with Gasteiger partial charge in [-0.2, -0.15) is 0 Å². The highest BCUT2D eigenvalue weighted by atomic mass is 16.5. The fourth-order valence-corrected chi connectivity index (χ4v) is 3.24. The molecule has 0 amide bonds. The van der Waals surface area contributed by atoms with Gasteiger partial charge in [0.05, 0.1) is 18.7 Å². The number of hydrogen-bond acceptors (Lipinski definition) is 5. The number of rotatable bonds is 5. The molecule has 26 heavy (non-hydrogen) atoms. The third-order valence-corrected chi connectivity index (χ3v) is 4.71. The number of fused-ring (bicyclic) bond motifs is 1. The van der Waals surface area contributed by atoms with E-state index in [1.165, 1.54) is 0 Å². The van der Waals surface area contributed by atoms with Crippen LogP contribution in [0.1, 0.15) is 15.9 Å². The van der Waals surface area contributed by atoms with Crippen LogP contribution in [0.3, 0.4) is 0 Å². The Kier molecular flexibility index (Phi) is 4.69. The molecule has 4 rings (SSSR count). The molecule has 1 aliphatic heterocycles. The molecule has 0 aliphatic carbocycles. The van der Waals surface area contributed by atoms with Gasteiger partial charge < -0.3 is 9.15 Å². The predicted molar refractivity (Wildman–Crippen MR) is 97.6 cm³/mol. The summed E-state index contributed by atoms with van der Waals surface area (Å²) in [6.45, 7) is 4.53. The van der Waals surface area contributed by atoms with E-state index in [4.69, 9.17) is 9.15 Å². The van der Waals surface area contributed by atoms with Gasteiger partial charge >= 0.3 is 5.76 Å². The Morgan fingerprint density at radius 2 is 1.73 bits per heavy atom. The zero-order valence-corrected chi connectivity index (χ0v) is 14.4. The molecule has 0 bridgehead atoms. The van der Waals surface area contributed by atoms with Crippen LogP contribution in [0.2, 0.25) is 0 Å². The molecule has 3 aromatic rings.